The molecular weight excluding hydrogens is 803 g/mol. The molecule has 9 heteroatoms. The number of hydrogen-bond acceptors (Lipinski definition) is 8. The molecular formula is C55H99NO8. The molecule has 0 spiro atoms. The first kappa shape index (κ1) is 61.2. The summed E-state index contributed by atoms with van der Waals surface area (Å²) in [5, 5.41) is 11.7. The molecule has 9 nitrogen and oxygen atoms in total. The zero-order chi connectivity index (χ0) is 47.0. The Bertz CT molecular complexity index is 1190. The molecule has 0 aromatic carbocycles. The van der Waals surface area contributed by atoms with E-state index in [9.17, 15) is 19.5 Å². The number of carboxylic acids is 1. The highest BCUT2D eigenvalue weighted by atomic mass is 16.7. The lowest BCUT2D eigenvalue weighted by Crippen LogP contribution is -2.44. The molecule has 0 aromatic rings. The zero-order valence-electron chi connectivity index (χ0n) is 42.1. The highest BCUT2D eigenvalue weighted by Gasteiger charge is 2.22. The molecule has 2 atom stereocenters. The highest BCUT2D eigenvalue weighted by molar-refractivity contribution is 5.70. The maximum absolute atomic E-state index is 12.8. The summed E-state index contributed by atoms with van der Waals surface area (Å²) in [6.07, 6.45) is 52.8. The molecule has 0 aliphatic rings. The second-order valence-electron chi connectivity index (χ2n) is 18.8. The van der Waals surface area contributed by atoms with Gasteiger partial charge < -0.3 is 33.3 Å². The van der Waals surface area contributed by atoms with Gasteiger partial charge in [-0.2, -0.15) is 0 Å². The molecule has 0 amide bonds. The van der Waals surface area contributed by atoms with Gasteiger partial charge in [0.1, 0.15) is 13.2 Å². The van der Waals surface area contributed by atoms with Crippen LogP contribution in [0.2, 0.25) is 0 Å². The lowest BCUT2D eigenvalue weighted by Gasteiger charge is -2.26. The SMILES string of the molecule is CC/C=C\C/C=C\C/C=C\C/C=C\CCCCCCCCCCC(=O)OC(COC(=O)CCCCCCCCCCCCCCCCCCCC)COC(OCC[N+](C)(C)C)C(=O)[O-]. The standard InChI is InChI=1S/C55H99NO8/c1-6-8-10-12-14-16-18-20-22-24-26-27-28-30-32-34-36-38-40-42-44-46-53(58)64-51(50-63-55(54(59)60)61-48-47-56(3,4)5)49-62-52(57)45-43-41-39-37-35-33-31-29-25-23-21-19-17-15-13-11-9-7-2/h8,10,14,16,20,22,26-27,51,55H,6-7,9,11-13,15,17-19,21,23-25,28-50H2,1-5H3/b10-8-,16-14-,22-20-,27-26-. The van der Waals surface area contributed by atoms with Crippen LogP contribution in [0, 0.1) is 0 Å². The second kappa shape index (κ2) is 46.8. The quantitative estimate of drug-likeness (QED) is 0.0195. The van der Waals surface area contributed by atoms with Crippen LogP contribution in [-0.2, 0) is 33.3 Å². The first-order valence-electron chi connectivity index (χ1n) is 26.3. The van der Waals surface area contributed by atoms with E-state index >= 15 is 0 Å². The van der Waals surface area contributed by atoms with Crippen LogP contribution in [0.5, 0.6) is 0 Å². The minimum Gasteiger partial charge on any atom is -0.545 e. The third-order valence-corrected chi connectivity index (χ3v) is 11.3. The summed E-state index contributed by atoms with van der Waals surface area (Å²) in [6.45, 7) is 4.64. The largest absolute Gasteiger partial charge is 0.545 e. The predicted molar refractivity (Wildman–Crippen MR) is 265 cm³/mol. The van der Waals surface area contributed by atoms with Crippen molar-refractivity contribution in [2.75, 3.05) is 47.5 Å². The Labute approximate surface area is 393 Å². The number of quaternary nitrogens is 1. The Hall–Kier alpha value is -2.75. The van der Waals surface area contributed by atoms with Gasteiger partial charge in [-0.3, -0.25) is 9.59 Å². The summed E-state index contributed by atoms with van der Waals surface area (Å²) in [6, 6.07) is 0. The van der Waals surface area contributed by atoms with Crippen molar-refractivity contribution in [2.45, 2.75) is 238 Å². The smallest absolute Gasteiger partial charge is 0.306 e. The van der Waals surface area contributed by atoms with Crippen LogP contribution < -0.4 is 5.11 Å². The molecule has 0 saturated heterocycles. The maximum Gasteiger partial charge on any atom is 0.306 e. The topological polar surface area (TPSA) is 111 Å². The average Bonchev–Trinajstić information content (AvgIpc) is 3.26. The fraction of sp³-hybridized carbons (Fsp3) is 0.800. The van der Waals surface area contributed by atoms with E-state index in [1.807, 2.05) is 21.1 Å². The highest BCUT2D eigenvalue weighted by Crippen LogP contribution is 2.16. The van der Waals surface area contributed by atoms with Crippen LogP contribution in [0.15, 0.2) is 48.6 Å². The van der Waals surface area contributed by atoms with Gasteiger partial charge in [0.2, 0.25) is 0 Å². The van der Waals surface area contributed by atoms with E-state index in [1.54, 1.807) is 0 Å². The monoisotopic (exact) mass is 902 g/mol. The normalized spacial score (nSPS) is 13.2. The van der Waals surface area contributed by atoms with Crippen molar-refractivity contribution in [1.82, 2.24) is 0 Å². The molecule has 2 unspecified atom stereocenters. The summed E-state index contributed by atoms with van der Waals surface area (Å²) in [5.41, 5.74) is 0. The first-order valence-corrected chi connectivity index (χ1v) is 26.3. The molecule has 0 fully saturated rings. The van der Waals surface area contributed by atoms with Crippen LogP contribution in [0.4, 0.5) is 0 Å². The molecule has 0 aliphatic carbocycles. The van der Waals surface area contributed by atoms with Crippen molar-refractivity contribution in [3.8, 4) is 0 Å². The number of aliphatic carboxylic acids is 1. The lowest BCUT2D eigenvalue weighted by atomic mass is 10.0. The summed E-state index contributed by atoms with van der Waals surface area (Å²) >= 11 is 0. The molecule has 0 rings (SSSR count). The average molecular weight is 902 g/mol. The summed E-state index contributed by atoms with van der Waals surface area (Å²) in [5.74, 6) is -2.29. The number of rotatable bonds is 48. The number of likely N-dealkylation sites (N-methyl/N-ethyl adjacent to an activating group) is 1. The van der Waals surface area contributed by atoms with Crippen molar-refractivity contribution in [3.05, 3.63) is 48.6 Å². The number of carbonyl (C=O) groups is 3. The van der Waals surface area contributed by atoms with Crippen LogP contribution in [0.3, 0.4) is 0 Å². The van der Waals surface area contributed by atoms with Gasteiger partial charge in [-0.1, -0.05) is 210 Å². The molecule has 0 radical (unpaired) electrons. The van der Waals surface area contributed by atoms with Gasteiger partial charge in [0, 0.05) is 12.8 Å². The second-order valence-corrected chi connectivity index (χ2v) is 18.8. The maximum atomic E-state index is 12.8. The van der Waals surface area contributed by atoms with Crippen molar-refractivity contribution >= 4 is 17.9 Å². The molecule has 0 heterocycles. The van der Waals surface area contributed by atoms with E-state index in [4.69, 9.17) is 18.9 Å². The number of ether oxygens (including phenoxy) is 4. The Kier molecular flexibility index (Phi) is 44.8. The Morgan fingerprint density at radius 2 is 0.891 bits per heavy atom. The third kappa shape index (κ3) is 47.2. The Balaban J connectivity index is 4.33. The Morgan fingerprint density at radius 1 is 0.484 bits per heavy atom. The van der Waals surface area contributed by atoms with E-state index < -0.39 is 24.3 Å². The molecule has 0 aromatic heterocycles. The molecule has 0 saturated carbocycles. The van der Waals surface area contributed by atoms with Crippen LogP contribution in [-0.4, -0.2) is 82.3 Å². The molecule has 0 aliphatic heterocycles. The minimum atomic E-state index is -1.62. The number of nitrogens with zero attached hydrogens (tertiary/aromatic N) is 1. The van der Waals surface area contributed by atoms with Gasteiger partial charge in [0.25, 0.3) is 0 Å². The van der Waals surface area contributed by atoms with Gasteiger partial charge in [-0.25, -0.2) is 0 Å². The predicted octanol–water partition coefficient (Wildman–Crippen LogP) is 13.4. The van der Waals surface area contributed by atoms with Crippen molar-refractivity contribution in [1.29, 1.82) is 0 Å². The number of carboxylic acid groups (broad SMARTS) is 1. The van der Waals surface area contributed by atoms with E-state index in [1.165, 1.54) is 122 Å². The number of esters is 2. The fourth-order valence-corrected chi connectivity index (χ4v) is 7.29. The molecule has 0 bridgehead atoms. The molecule has 64 heavy (non-hydrogen) atoms. The van der Waals surface area contributed by atoms with E-state index in [2.05, 4.69) is 62.5 Å². The van der Waals surface area contributed by atoms with Gasteiger partial charge in [-0.15, -0.1) is 0 Å². The number of carbonyl (C=O) groups excluding carboxylic acids is 3. The lowest BCUT2D eigenvalue weighted by molar-refractivity contribution is -0.870. The third-order valence-electron chi connectivity index (χ3n) is 11.3. The summed E-state index contributed by atoms with van der Waals surface area (Å²) < 4.78 is 22.7. The molecule has 0 N–H and O–H groups in total. The van der Waals surface area contributed by atoms with Gasteiger partial charge in [0.05, 0.1) is 40.3 Å². The van der Waals surface area contributed by atoms with Gasteiger partial charge in [-0.05, 0) is 51.4 Å². The van der Waals surface area contributed by atoms with Crippen LogP contribution in [0.1, 0.15) is 226 Å². The number of hydrogen-bond donors (Lipinski definition) is 0. The fourth-order valence-electron chi connectivity index (χ4n) is 7.29. The minimum absolute atomic E-state index is 0.146. The van der Waals surface area contributed by atoms with Crippen LogP contribution in [0.25, 0.3) is 0 Å². The molecule has 372 valence electrons. The zero-order valence-corrected chi connectivity index (χ0v) is 42.1. The van der Waals surface area contributed by atoms with Crippen molar-refractivity contribution in [3.63, 3.8) is 0 Å². The summed E-state index contributed by atoms with van der Waals surface area (Å²) in [7, 11) is 5.91. The first-order chi connectivity index (χ1) is 31.1. The van der Waals surface area contributed by atoms with E-state index in [-0.39, 0.29) is 32.2 Å². The van der Waals surface area contributed by atoms with Crippen molar-refractivity contribution in [2.24, 2.45) is 0 Å². The van der Waals surface area contributed by atoms with Gasteiger partial charge >= 0.3 is 11.9 Å². The van der Waals surface area contributed by atoms with Crippen molar-refractivity contribution < 1.29 is 42.9 Å². The Morgan fingerprint density at radius 3 is 1.33 bits per heavy atom. The van der Waals surface area contributed by atoms with Gasteiger partial charge in [0.15, 0.2) is 12.4 Å². The number of allylic oxidation sites excluding steroid dienone is 8. The number of unbranched alkanes of at least 4 members (excludes halogenated alkanes) is 25. The van der Waals surface area contributed by atoms with E-state index in [0.717, 1.165) is 70.6 Å². The van der Waals surface area contributed by atoms with Crippen LogP contribution >= 0.6 is 0 Å². The summed E-state index contributed by atoms with van der Waals surface area (Å²) in [4.78, 5) is 37.2. The van der Waals surface area contributed by atoms with E-state index in [0.29, 0.717) is 23.9 Å².